The average molecular weight is 320 g/mol. The highest BCUT2D eigenvalue weighted by molar-refractivity contribution is 6.02. The molecule has 0 spiro atoms. The minimum atomic E-state index is -0.755. The van der Waals surface area contributed by atoms with Gasteiger partial charge in [-0.1, -0.05) is 6.92 Å². The zero-order valence-corrected chi connectivity index (χ0v) is 13.9. The van der Waals surface area contributed by atoms with Crippen molar-refractivity contribution in [1.82, 2.24) is 10.3 Å². The molecule has 1 saturated carbocycles. The van der Waals surface area contributed by atoms with Gasteiger partial charge in [0.15, 0.2) is 5.78 Å². The van der Waals surface area contributed by atoms with Crippen molar-refractivity contribution in [2.45, 2.75) is 58.9 Å². The third-order valence-corrected chi connectivity index (χ3v) is 4.64. The number of ketones is 1. The number of aromatic nitrogens is 1. The molecular formula is C17H24N2O4. The normalized spacial score (nSPS) is 21.0. The molecule has 0 bridgehead atoms. The van der Waals surface area contributed by atoms with Crippen LogP contribution in [0.25, 0.3) is 0 Å². The Kier molecular flexibility index (Phi) is 5.23. The number of carbonyl (C=O) groups excluding carboxylic acids is 2. The quantitative estimate of drug-likeness (QED) is 0.726. The molecule has 0 aliphatic heterocycles. The number of Topliss-reactive ketones (excluding diaryl/α,β-unsaturated/α-hetero) is 1. The second-order valence-corrected chi connectivity index (χ2v) is 6.25. The molecular weight excluding hydrogens is 296 g/mol. The molecule has 0 saturated heterocycles. The fraction of sp³-hybridized carbons (Fsp3) is 0.588. The van der Waals surface area contributed by atoms with E-state index in [0.29, 0.717) is 49.1 Å². The summed E-state index contributed by atoms with van der Waals surface area (Å²) in [6.07, 6.45) is 3.12. The molecule has 1 aromatic heterocycles. The van der Waals surface area contributed by atoms with Crippen molar-refractivity contribution >= 4 is 17.7 Å². The SMILES string of the molecule is CCc1c(C(=O)NC2CCC(C(=O)O)CC2)[nH]c(C)c1C(C)=O. The van der Waals surface area contributed by atoms with Crippen LogP contribution in [-0.4, -0.2) is 33.8 Å². The molecule has 23 heavy (non-hydrogen) atoms. The molecule has 3 N–H and O–H groups in total. The molecule has 0 radical (unpaired) electrons. The minimum Gasteiger partial charge on any atom is -0.481 e. The van der Waals surface area contributed by atoms with Gasteiger partial charge < -0.3 is 15.4 Å². The van der Waals surface area contributed by atoms with Crippen LogP contribution < -0.4 is 5.32 Å². The molecule has 1 heterocycles. The van der Waals surface area contributed by atoms with E-state index in [1.165, 1.54) is 6.92 Å². The third kappa shape index (κ3) is 3.63. The molecule has 1 aliphatic rings. The van der Waals surface area contributed by atoms with Gasteiger partial charge in [-0.25, -0.2) is 0 Å². The highest BCUT2D eigenvalue weighted by Gasteiger charge is 2.28. The highest BCUT2D eigenvalue weighted by atomic mass is 16.4. The van der Waals surface area contributed by atoms with Crippen molar-refractivity contribution in [3.63, 3.8) is 0 Å². The Morgan fingerprint density at radius 1 is 1.22 bits per heavy atom. The van der Waals surface area contributed by atoms with Crippen LogP contribution in [0.4, 0.5) is 0 Å². The Morgan fingerprint density at radius 3 is 2.30 bits per heavy atom. The number of hydrogen-bond acceptors (Lipinski definition) is 3. The number of nitrogens with one attached hydrogen (secondary N) is 2. The molecule has 6 heteroatoms. The number of aliphatic carboxylic acids is 1. The number of H-pyrrole nitrogens is 1. The number of carbonyl (C=O) groups is 3. The predicted octanol–water partition coefficient (Wildman–Crippen LogP) is 2.46. The maximum atomic E-state index is 12.5. The van der Waals surface area contributed by atoms with E-state index in [1.54, 1.807) is 6.92 Å². The van der Waals surface area contributed by atoms with Gasteiger partial charge in [0.25, 0.3) is 5.91 Å². The molecule has 1 amide bonds. The van der Waals surface area contributed by atoms with Crippen molar-refractivity contribution in [1.29, 1.82) is 0 Å². The number of rotatable bonds is 5. The van der Waals surface area contributed by atoms with Crippen molar-refractivity contribution in [3.8, 4) is 0 Å². The van der Waals surface area contributed by atoms with Crippen LogP contribution in [0.3, 0.4) is 0 Å². The maximum absolute atomic E-state index is 12.5. The van der Waals surface area contributed by atoms with Crippen LogP contribution in [0.5, 0.6) is 0 Å². The Morgan fingerprint density at radius 2 is 1.83 bits per heavy atom. The van der Waals surface area contributed by atoms with Gasteiger partial charge in [-0.2, -0.15) is 0 Å². The zero-order chi connectivity index (χ0) is 17.1. The lowest BCUT2D eigenvalue weighted by Crippen LogP contribution is -2.39. The van der Waals surface area contributed by atoms with Crippen LogP contribution in [0.2, 0.25) is 0 Å². The second-order valence-electron chi connectivity index (χ2n) is 6.25. The zero-order valence-electron chi connectivity index (χ0n) is 13.9. The largest absolute Gasteiger partial charge is 0.481 e. The Hall–Kier alpha value is -2.11. The Bertz CT molecular complexity index is 625. The van der Waals surface area contributed by atoms with Crippen molar-refractivity contribution < 1.29 is 19.5 Å². The van der Waals surface area contributed by atoms with Crippen LogP contribution >= 0.6 is 0 Å². The van der Waals surface area contributed by atoms with E-state index in [-0.39, 0.29) is 23.7 Å². The fourth-order valence-electron chi connectivity index (χ4n) is 3.44. The summed E-state index contributed by atoms with van der Waals surface area (Å²) in [4.78, 5) is 38.3. The first kappa shape index (κ1) is 17.2. The van der Waals surface area contributed by atoms with E-state index in [4.69, 9.17) is 5.11 Å². The molecule has 6 nitrogen and oxygen atoms in total. The van der Waals surface area contributed by atoms with E-state index in [2.05, 4.69) is 10.3 Å². The summed E-state index contributed by atoms with van der Waals surface area (Å²) in [5.74, 6) is -1.31. The summed E-state index contributed by atoms with van der Waals surface area (Å²) in [5, 5.41) is 12.0. The average Bonchev–Trinajstić information content (AvgIpc) is 2.84. The monoisotopic (exact) mass is 320 g/mol. The first-order chi connectivity index (χ1) is 10.8. The van der Waals surface area contributed by atoms with Crippen LogP contribution in [0.15, 0.2) is 0 Å². The van der Waals surface area contributed by atoms with Crippen LogP contribution in [-0.2, 0) is 11.2 Å². The Balaban J connectivity index is 2.09. The first-order valence-corrected chi connectivity index (χ1v) is 8.11. The van der Waals surface area contributed by atoms with E-state index in [1.807, 2.05) is 6.92 Å². The maximum Gasteiger partial charge on any atom is 0.306 e. The summed E-state index contributed by atoms with van der Waals surface area (Å²) < 4.78 is 0. The molecule has 0 unspecified atom stereocenters. The van der Waals surface area contributed by atoms with Gasteiger partial charge in [-0.3, -0.25) is 14.4 Å². The van der Waals surface area contributed by atoms with Gasteiger partial charge >= 0.3 is 5.97 Å². The summed E-state index contributed by atoms with van der Waals surface area (Å²) in [6.45, 7) is 5.22. The number of hydrogen-bond donors (Lipinski definition) is 3. The molecule has 0 aromatic carbocycles. The standard InChI is InChI=1S/C17H24N2O4/c1-4-13-14(10(3)20)9(2)18-15(13)16(21)19-12-7-5-11(6-8-12)17(22)23/h11-12,18H,4-8H2,1-3H3,(H,19,21)(H,22,23). The lowest BCUT2D eigenvalue weighted by molar-refractivity contribution is -0.142. The molecule has 2 rings (SSSR count). The van der Waals surface area contributed by atoms with Crippen molar-refractivity contribution in [2.24, 2.45) is 5.92 Å². The van der Waals surface area contributed by atoms with Gasteiger partial charge in [0.2, 0.25) is 0 Å². The summed E-state index contributed by atoms with van der Waals surface area (Å²) in [7, 11) is 0. The van der Waals surface area contributed by atoms with Crippen molar-refractivity contribution in [3.05, 3.63) is 22.5 Å². The van der Waals surface area contributed by atoms with Gasteiger partial charge in [-0.05, 0) is 51.5 Å². The van der Waals surface area contributed by atoms with E-state index in [9.17, 15) is 14.4 Å². The predicted molar refractivity (Wildman–Crippen MR) is 85.8 cm³/mol. The lowest BCUT2D eigenvalue weighted by Gasteiger charge is -2.26. The third-order valence-electron chi connectivity index (χ3n) is 4.64. The van der Waals surface area contributed by atoms with E-state index >= 15 is 0 Å². The molecule has 0 atom stereocenters. The number of aryl methyl sites for hydroxylation is 1. The number of amides is 1. The number of aromatic amines is 1. The first-order valence-electron chi connectivity index (χ1n) is 8.11. The van der Waals surface area contributed by atoms with Crippen LogP contribution in [0.1, 0.15) is 71.6 Å². The van der Waals surface area contributed by atoms with E-state index < -0.39 is 5.97 Å². The number of carboxylic acids is 1. The Labute approximate surface area is 135 Å². The van der Waals surface area contributed by atoms with Gasteiger partial charge in [-0.15, -0.1) is 0 Å². The van der Waals surface area contributed by atoms with Crippen molar-refractivity contribution in [2.75, 3.05) is 0 Å². The summed E-state index contributed by atoms with van der Waals surface area (Å²) in [5.41, 5.74) is 2.53. The van der Waals surface area contributed by atoms with Gasteiger partial charge in [0.05, 0.1) is 5.92 Å². The van der Waals surface area contributed by atoms with Crippen LogP contribution in [0, 0.1) is 12.8 Å². The smallest absolute Gasteiger partial charge is 0.306 e. The molecule has 1 fully saturated rings. The topological polar surface area (TPSA) is 99.3 Å². The molecule has 1 aliphatic carbocycles. The van der Waals surface area contributed by atoms with Gasteiger partial charge in [0.1, 0.15) is 5.69 Å². The summed E-state index contributed by atoms with van der Waals surface area (Å²) in [6, 6.07) is -0.00723. The fourth-order valence-corrected chi connectivity index (χ4v) is 3.44. The lowest BCUT2D eigenvalue weighted by atomic mass is 9.86. The molecule has 126 valence electrons. The minimum absolute atomic E-state index is 0.00723. The summed E-state index contributed by atoms with van der Waals surface area (Å²) >= 11 is 0. The molecule has 1 aromatic rings. The highest BCUT2D eigenvalue weighted by Crippen LogP contribution is 2.25. The number of carboxylic acid groups (broad SMARTS) is 1. The van der Waals surface area contributed by atoms with E-state index in [0.717, 1.165) is 5.56 Å². The second kappa shape index (κ2) is 6.98. The van der Waals surface area contributed by atoms with Gasteiger partial charge in [0, 0.05) is 17.3 Å².